The van der Waals surface area contributed by atoms with Crippen molar-refractivity contribution in [2.75, 3.05) is 5.75 Å². The van der Waals surface area contributed by atoms with Gasteiger partial charge in [0, 0.05) is 0 Å². The van der Waals surface area contributed by atoms with Crippen LogP contribution in [0.5, 0.6) is 0 Å². The zero-order valence-electron chi connectivity index (χ0n) is 9.59. The van der Waals surface area contributed by atoms with Gasteiger partial charge in [-0.25, -0.2) is 0 Å². The van der Waals surface area contributed by atoms with E-state index >= 15 is 0 Å². The summed E-state index contributed by atoms with van der Waals surface area (Å²) in [6.45, 7) is 2.21. The monoisotopic (exact) mass is 228 g/mol. The molecule has 0 heterocycles. The maximum atomic E-state index is 10.2. The van der Waals surface area contributed by atoms with Gasteiger partial charge >= 0.3 is 29.6 Å². The molecule has 0 aromatic rings. The van der Waals surface area contributed by atoms with Crippen LogP contribution < -0.4 is 29.6 Å². The van der Waals surface area contributed by atoms with Gasteiger partial charge in [-0.15, -0.1) is 0 Å². The Balaban J connectivity index is 0. The van der Waals surface area contributed by atoms with Crippen molar-refractivity contribution >= 4 is 10.7 Å². The third kappa shape index (κ3) is 15.4. The van der Waals surface area contributed by atoms with Crippen LogP contribution in [0.25, 0.3) is 0 Å². The van der Waals surface area contributed by atoms with Gasteiger partial charge in [0.25, 0.3) is 0 Å². The number of unbranched alkanes of at least 4 members (excludes halogenated alkanes) is 7. The summed E-state index contributed by atoms with van der Waals surface area (Å²) in [7, 11) is -1.83. The molecular weight excluding hydrogens is 207 g/mol. The van der Waals surface area contributed by atoms with Gasteiger partial charge in [-0.2, -0.15) is 0 Å². The summed E-state index contributed by atoms with van der Waals surface area (Å²) in [4.78, 5) is 0. The topological polar surface area (TPSA) is 34.1 Å². The molecule has 0 aliphatic rings. The SMILES string of the molecule is CCCCCCCCCC[S-](=O)=O.[Na+]. The summed E-state index contributed by atoms with van der Waals surface area (Å²) in [6, 6.07) is 0. The van der Waals surface area contributed by atoms with E-state index in [1.54, 1.807) is 0 Å². The van der Waals surface area contributed by atoms with Crippen LogP contribution in [0.4, 0.5) is 0 Å². The third-order valence-corrected chi connectivity index (χ3v) is 2.79. The molecule has 0 spiro atoms. The molecule has 0 atom stereocenters. The van der Waals surface area contributed by atoms with Crippen molar-refractivity contribution in [2.45, 2.75) is 58.3 Å². The van der Waals surface area contributed by atoms with Crippen LogP contribution >= 0.6 is 0 Å². The van der Waals surface area contributed by atoms with Crippen molar-refractivity contribution < 1.29 is 38.0 Å². The minimum atomic E-state index is -1.83. The molecule has 0 fully saturated rings. The number of hydrogen-bond acceptors (Lipinski definition) is 3. The summed E-state index contributed by atoms with van der Waals surface area (Å²) < 4.78 is 20.3. The number of rotatable bonds is 9. The van der Waals surface area contributed by atoms with Crippen molar-refractivity contribution in [3.8, 4) is 0 Å². The van der Waals surface area contributed by atoms with Gasteiger partial charge in [0.2, 0.25) is 0 Å². The van der Waals surface area contributed by atoms with Crippen molar-refractivity contribution in [3.63, 3.8) is 0 Å². The van der Waals surface area contributed by atoms with E-state index in [4.69, 9.17) is 0 Å². The zero-order chi connectivity index (χ0) is 9.94. The first-order valence-corrected chi connectivity index (χ1v) is 6.57. The fourth-order valence-electron chi connectivity index (χ4n) is 1.35. The quantitative estimate of drug-likeness (QED) is 0.326. The van der Waals surface area contributed by atoms with Crippen LogP contribution in [0, 0.1) is 0 Å². The van der Waals surface area contributed by atoms with Crippen LogP contribution in [0.3, 0.4) is 0 Å². The summed E-state index contributed by atoms with van der Waals surface area (Å²) >= 11 is 0. The van der Waals surface area contributed by atoms with Crippen LogP contribution in [0.15, 0.2) is 0 Å². The van der Waals surface area contributed by atoms with Gasteiger partial charge in [-0.3, -0.25) is 0 Å². The molecule has 0 rings (SSSR count). The van der Waals surface area contributed by atoms with Crippen LogP contribution in [0.2, 0.25) is 0 Å². The Hall–Kier alpha value is 0.950. The maximum Gasteiger partial charge on any atom is 1.00 e. The minimum absolute atomic E-state index is 0. The molecule has 0 aliphatic carbocycles. The second kappa shape index (κ2) is 13.9. The van der Waals surface area contributed by atoms with Gasteiger partial charge < -0.3 is 8.42 Å². The standard InChI is InChI=1S/C10H21O2S.Na/c1-2-3-4-5-6-7-8-9-10-13(11)12;/h2-10H2,1H3;/q-1;+1. The van der Waals surface area contributed by atoms with Crippen molar-refractivity contribution in [1.82, 2.24) is 0 Å². The Morgan fingerprint density at radius 1 is 0.786 bits per heavy atom. The number of hydrogen-bond donors (Lipinski definition) is 0. The smallest absolute Gasteiger partial charge is 0.424 e. The molecule has 0 radical (unpaired) electrons. The first kappa shape index (κ1) is 17.3. The van der Waals surface area contributed by atoms with Crippen LogP contribution in [0.1, 0.15) is 58.3 Å². The molecule has 0 saturated carbocycles. The van der Waals surface area contributed by atoms with Gasteiger partial charge in [0.05, 0.1) is 0 Å². The average molecular weight is 228 g/mol. The van der Waals surface area contributed by atoms with Crippen LogP contribution in [-0.4, -0.2) is 5.75 Å². The first-order valence-electron chi connectivity index (χ1n) is 5.33. The van der Waals surface area contributed by atoms with E-state index < -0.39 is 10.7 Å². The Bertz CT molecular complexity index is 162. The molecule has 14 heavy (non-hydrogen) atoms. The fraction of sp³-hybridized carbons (Fsp3) is 1.00. The Kier molecular flexibility index (Phi) is 17.3. The van der Waals surface area contributed by atoms with E-state index in [-0.39, 0.29) is 29.6 Å². The van der Waals surface area contributed by atoms with Gasteiger partial charge in [-0.05, 0) is 0 Å². The normalized spacial score (nSPS) is 10.1. The van der Waals surface area contributed by atoms with Crippen molar-refractivity contribution in [2.24, 2.45) is 0 Å². The van der Waals surface area contributed by atoms with E-state index in [2.05, 4.69) is 6.92 Å². The van der Waals surface area contributed by atoms with E-state index in [1.165, 1.54) is 38.5 Å². The van der Waals surface area contributed by atoms with E-state index in [0.29, 0.717) is 5.75 Å². The molecule has 0 aromatic carbocycles. The van der Waals surface area contributed by atoms with Gasteiger partial charge in [-0.1, -0.05) is 74.7 Å². The van der Waals surface area contributed by atoms with E-state index in [0.717, 1.165) is 12.8 Å². The summed E-state index contributed by atoms with van der Waals surface area (Å²) in [5.41, 5.74) is 0. The fourth-order valence-corrected chi connectivity index (χ4v) is 1.79. The Morgan fingerprint density at radius 3 is 1.64 bits per heavy atom. The van der Waals surface area contributed by atoms with E-state index in [9.17, 15) is 8.42 Å². The van der Waals surface area contributed by atoms with Gasteiger partial charge in [0.15, 0.2) is 0 Å². The predicted molar refractivity (Wildman–Crippen MR) is 56.2 cm³/mol. The molecule has 0 bridgehead atoms. The van der Waals surface area contributed by atoms with Crippen LogP contribution in [-0.2, 0) is 19.1 Å². The summed E-state index contributed by atoms with van der Waals surface area (Å²) in [6.07, 6.45) is 9.65. The molecule has 4 heteroatoms. The second-order valence-electron chi connectivity index (χ2n) is 3.48. The van der Waals surface area contributed by atoms with Crippen molar-refractivity contribution in [3.05, 3.63) is 0 Å². The molecular formula is C10H21NaO2S. The Labute approximate surface area is 112 Å². The molecule has 0 unspecified atom stereocenters. The minimum Gasteiger partial charge on any atom is -0.424 e. The van der Waals surface area contributed by atoms with Gasteiger partial charge in [0.1, 0.15) is 0 Å². The molecule has 0 amide bonds. The average Bonchev–Trinajstić information content (AvgIpc) is 2.09. The third-order valence-electron chi connectivity index (χ3n) is 2.16. The molecule has 0 N–H and O–H groups in total. The molecule has 0 saturated heterocycles. The zero-order valence-corrected chi connectivity index (χ0v) is 12.4. The molecule has 80 valence electrons. The largest absolute Gasteiger partial charge is 1.00 e. The van der Waals surface area contributed by atoms with E-state index in [1.807, 2.05) is 0 Å². The maximum absolute atomic E-state index is 10.2. The second-order valence-corrected chi connectivity index (χ2v) is 4.50. The summed E-state index contributed by atoms with van der Waals surface area (Å²) in [5, 5.41) is 0. The molecule has 2 nitrogen and oxygen atoms in total. The predicted octanol–water partition coefficient (Wildman–Crippen LogP) is 0.440. The molecule has 0 aromatic heterocycles. The Morgan fingerprint density at radius 2 is 1.21 bits per heavy atom. The van der Waals surface area contributed by atoms with Crippen molar-refractivity contribution in [1.29, 1.82) is 0 Å². The molecule has 0 aliphatic heterocycles. The summed E-state index contributed by atoms with van der Waals surface area (Å²) in [5.74, 6) is 0.342. The first-order chi connectivity index (χ1) is 6.27.